The summed E-state index contributed by atoms with van der Waals surface area (Å²) in [5, 5.41) is 4.37. The summed E-state index contributed by atoms with van der Waals surface area (Å²) in [6, 6.07) is 0.0821. The van der Waals surface area contributed by atoms with E-state index in [9.17, 15) is 0 Å². The van der Waals surface area contributed by atoms with Crippen LogP contribution < -0.4 is 16.0 Å². The Morgan fingerprint density at radius 1 is 1.42 bits per heavy atom. The summed E-state index contributed by atoms with van der Waals surface area (Å²) >= 11 is 0. The molecule has 110 valence electrons. The van der Waals surface area contributed by atoms with E-state index in [4.69, 9.17) is 15.3 Å². The lowest BCUT2D eigenvalue weighted by atomic mass is 10.0. The molecule has 0 radical (unpaired) electrons. The molecule has 0 aliphatic carbocycles. The van der Waals surface area contributed by atoms with E-state index in [-0.39, 0.29) is 18.2 Å². The molecule has 0 fully saturated rings. The number of nitrogens with two attached hydrogens (primary N) is 1. The molecule has 0 amide bonds. The number of rotatable bonds is 8. The van der Waals surface area contributed by atoms with Crippen molar-refractivity contribution >= 4 is 0 Å². The van der Waals surface area contributed by atoms with E-state index in [1.54, 1.807) is 13.3 Å². The summed E-state index contributed by atoms with van der Waals surface area (Å²) in [6.07, 6.45) is 2.56. The molecule has 0 saturated heterocycles. The average Bonchev–Trinajstić information content (AvgIpc) is 2.82. The van der Waals surface area contributed by atoms with Gasteiger partial charge >= 0.3 is 0 Å². The smallest absolute Gasteiger partial charge is 0.161 e. The largest absolute Gasteiger partial charge is 0.493 e. The summed E-state index contributed by atoms with van der Waals surface area (Å²) in [7, 11) is 1.64. The number of nitrogens with one attached hydrogen (secondary N) is 1. The first-order valence-electron chi connectivity index (χ1n) is 6.79. The van der Waals surface area contributed by atoms with Crippen molar-refractivity contribution in [3.05, 3.63) is 11.9 Å². The maximum atomic E-state index is 5.76. The van der Waals surface area contributed by atoms with Crippen LogP contribution in [0.15, 0.2) is 6.20 Å². The summed E-state index contributed by atoms with van der Waals surface area (Å²) in [5.74, 6) is 6.47. The van der Waals surface area contributed by atoms with Crippen molar-refractivity contribution in [1.29, 1.82) is 0 Å². The van der Waals surface area contributed by atoms with Crippen LogP contribution in [0.3, 0.4) is 0 Å². The molecule has 1 aromatic heterocycles. The van der Waals surface area contributed by atoms with E-state index in [1.807, 2.05) is 11.6 Å². The van der Waals surface area contributed by atoms with Gasteiger partial charge in [0, 0.05) is 12.6 Å². The lowest BCUT2D eigenvalue weighted by Crippen LogP contribution is -2.39. The zero-order valence-corrected chi connectivity index (χ0v) is 12.5. The van der Waals surface area contributed by atoms with Gasteiger partial charge < -0.3 is 9.47 Å². The fraction of sp³-hybridized carbons (Fsp3) is 0.769. The third kappa shape index (κ3) is 3.46. The third-order valence-corrected chi connectivity index (χ3v) is 3.14. The van der Waals surface area contributed by atoms with Gasteiger partial charge in [0.1, 0.15) is 5.69 Å². The highest BCUT2D eigenvalue weighted by atomic mass is 16.5. The van der Waals surface area contributed by atoms with Gasteiger partial charge in [0.05, 0.1) is 25.5 Å². The van der Waals surface area contributed by atoms with Gasteiger partial charge in [-0.3, -0.25) is 10.5 Å². The minimum atomic E-state index is -0.148. The molecule has 3 N–H and O–H groups in total. The molecule has 1 rings (SSSR count). The number of ether oxygens (including phenoxy) is 2. The predicted octanol–water partition coefficient (Wildman–Crippen LogP) is 1.79. The Morgan fingerprint density at radius 3 is 2.53 bits per heavy atom. The van der Waals surface area contributed by atoms with Crippen molar-refractivity contribution in [3.63, 3.8) is 0 Å². The van der Waals surface area contributed by atoms with Crippen LogP contribution >= 0.6 is 0 Å². The molecule has 6 heteroatoms. The number of aromatic nitrogens is 2. The molecule has 6 nitrogen and oxygen atoms in total. The van der Waals surface area contributed by atoms with E-state index in [0.29, 0.717) is 6.61 Å². The van der Waals surface area contributed by atoms with E-state index >= 15 is 0 Å². The highest BCUT2D eigenvalue weighted by Crippen LogP contribution is 2.31. The van der Waals surface area contributed by atoms with Crippen molar-refractivity contribution in [2.75, 3.05) is 13.7 Å². The minimum absolute atomic E-state index is 0.0156. The molecule has 1 aromatic rings. The quantitative estimate of drug-likeness (QED) is 0.556. The standard InChI is InChI=1S/C13H26N4O2/c1-6-10(19-7-2)12(16-14)13-11(18-5)8-15-17(13)9(3)4/h8-10,12,16H,6-7,14H2,1-5H3. The van der Waals surface area contributed by atoms with Gasteiger partial charge in [-0.05, 0) is 27.2 Å². The summed E-state index contributed by atoms with van der Waals surface area (Å²) in [6.45, 7) is 8.85. The zero-order valence-electron chi connectivity index (χ0n) is 12.5. The van der Waals surface area contributed by atoms with Crippen molar-refractivity contribution in [2.45, 2.75) is 52.3 Å². The maximum Gasteiger partial charge on any atom is 0.161 e. The average molecular weight is 270 g/mol. The lowest BCUT2D eigenvalue weighted by molar-refractivity contribution is 0.0282. The molecule has 0 saturated carbocycles. The Morgan fingerprint density at radius 2 is 2.11 bits per heavy atom. The van der Waals surface area contributed by atoms with E-state index < -0.39 is 0 Å². The maximum absolute atomic E-state index is 5.76. The van der Waals surface area contributed by atoms with Crippen LogP contribution in [0.2, 0.25) is 0 Å². The van der Waals surface area contributed by atoms with Gasteiger partial charge in [-0.2, -0.15) is 5.10 Å². The van der Waals surface area contributed by atoms with Gasteiger partial charge in [-0.25, -0.2) is 5.43 Å². The number of hydrazine groups is 1. The van der Waals surface area contributed by atoms with Crippen LogP contribution in [0, 0.1) is 0 Å². The molecule has 0 bridgehead atoms. The highest BCUT2D eigenvalue weighted by molar-refractivity contribution is 5.29. The van der Waals surface area contributed by atoms with Crippen LogP contribution in [-0.2, 0) is 4.74 Å². The highest BCUT2D eigenvalue weighted by Gasteiger charge is 2.29. The Balaban J connectivity index is 3.18. The minimum Gasteiger partial charge on any atom is -0.493 e. The Kier molecular flexibility index (Phi) is 6.27. The molecular formula is C13H26N4O2. The second kappa shape index (κ2) is 7.47. The van der Waals surface area contributed by atoms with Crippen molar-refractivity contribution < 1.29 is 9.47 Å². The van der Waals surface area contributed by atoms with Crippen molar-refractivity contribution in [2.24, 2.45) is 5.84 Å². The Labute approximate surface area is 115 Å². The number of methoxy groups -OCH3 is 1. The van der Waals surface area contributed by atoms with E-state index in [1.165, 1.54) is 0 Å². The van der Waals surface area contributed by atoms with E-state index in [0.717, 1.165) is 17.9 Å². The molecule has 0 aliphatic heterocycles. The molecule has 0 aliphatic rings. The SMILES string of the molecule is CCOC(CC)C(NN)c1c(OC)cnn1C(C)C. The predicted molar refractivity (Wildman–Crippen MR) is 74.9 cm³/mol. The second-order valence-corrected chi connectivity index (χ2v) is 4.68. The first-order valence-corrected chi connectivity index (χ1v) is 6.79. The summed E-state index contributed by atoms with van der Waals surface area (Å²) in [5.41, 5.74) is 3.78. The van der Waals surface area contributed by atoms with Gasteiger partial charge in [-0.15, -0.1) is 0 Å². The van der Waals surface area contributed by atoms with Crippen LogP contribution in [0.5, 0.6) is 5.75 Å². The molecule has 2 atom stereocenters. The van der Waals surface area contributed by atoms with Gasteiger partial charge in [-0.1, -0.05) is 6.92 Å². The van der Waals surface area contributed by atoms with Crippen LogP contribution in [0.25, 0.3) is 0 Å². The Hall–Kier alpha value is -1.11. The summed E-state index contributed by atoms with van der Waals surface area (Å²) in [4.78, 5) is 0. The first kappa shape index (κ1) is 15.9. The van der Waals surface area contributed by atoms with Crippen LogP contribution in [-0.4, -0.2) is 29.6 Å². The normalized spacial score (nSPS) is 14.7. The fourth-order valence-corrected chi connectivity index (χ4v) is 2.25. The van der Waals surface area contributed by atoms with Crippen LogP contribution in [0.1, 0.15) is 51.9 Å². The molecule has 0 aromatic carbocycles. The molecular weight excluding hydrogens is 244 g/mol. The van der Waals surface area contributed by atoms with Gasteiger partial charge in [0.15, 0.2) is 5.75 Å². The van der Waals surface area contributed by atoms with Gasteiger partial charge in [0.2, 0.25) is 0 Å². The third-order valence-electron chi connectivity index (χ3n) is 3.14. The number of hydrogen-bond donors (Lipinski definition) is 2. The van der Waals surface area contributed by atoms with Gasteiger partial charge in [0.25, 0.3) is 0 Å². The van der Waals surface area contributed by atoms with Crippen LogP contribution in [0.4, 0.5) is 0 Å². The van der Waals surface area contributed by atoms with E-state index in [2.05, 4.69) is 31.3 Å². The van der Waals surface area contributed by atoms with Crippen molar-refractivity contribution in [1.82, 2.24) is 15.2 Å². The topological polar surface area (TPSA) is 74.3 Å². The number of hydrogen-bond acceptors (Lipinski definition) is 5. The fourth-order valence-electron chi connectivity index (χ4n) is 2.25. The first-order chi connectivity index (χ1) is 9.10. The summed E-state index contributed by atoms with van der Waals surface area (Å²) < 4.78 is 13.1. The number of nitrogens with zero attached hydrogens (tertiary/aromatic N) is 2. The van der Waals surface area contributed by atoms with Crippen molar-refractivity contribution in [3.8, 4) is 5.75 Å². The second-order valence-electron chi connectivity index (χ2n) is 4.68. The lowest BCUT2D eigenvalue weighted by Gasteiger charge is -2.27. The Bertz CT molecular complexity index is 379. The molecule has 2 unspecified atom stereocenters. The zero-order chi connectivity index (χ0) is 14.4. The monoisotopic (exact) mass is 270 g/mol. The molecule has 1 heterocycles. The molecule has 0 spiro atoms. The molecule has 19 heavy (non-hydrogen) atoms.